The van der Waals surface area contributed by atoms with Crippen LogP contribution in [0, 0.1) is 24.3 Å². The largest absolute Gasteiger partial charge is 2.00 e. The van der Waals surface area contributed by atoms with Crippen molar-refractivity contribution in [3.63, 3.8) is 0 Å². The van der Waals surface area contributed by atoms with Gasteiger partial charge in [-0.25, -0.2) is 15.0 Å². The third-order valence-corrected chi connectivity index (χ3v) is 8.22. The van der Waals surface area contributed by atoms with E-state index in [1.807, 2.05) is 77.4 Å². The molecule has 0 atom stereocenters. The van der Waals surface area contributed by atoms with E-state index in [0.717, 1.165) is 68.3 Å². The van der Waals surface area contributed by atoms with Crippen molar-refractivity contribution in [2.75, 3.05) is 0 Å². The van der Waals surface area contributed by atoms with E-state index in [-0.39, 0.29) is 42.1 Å². The molecule has 0 N–H and O–H groups in total. The molecule has 8 aromatic rings. The van der Waals surface area contributed by atoms with Crippen LogP contribution in [0.4, 0.5) is 0 Å². The van der Waals surface area contributed by atoms with Crippen LogP contribution in [0.15, 0.2) is 110 Å². The summed E-state index contributed by atoms with van der Waals surface area (Å²) < 4.78 is 14.9. The zero-order valence-electron chi connectivity index (χ0n) is 27.4. The maximum Gasteiger partial charge on any atom is 2.00 e. The Balaban J connectivity index is 0.00000224. The van der Waals surface area contributed by atoms with E-state index in [1.165, 1.54) is 12.7 Å². The fraction of sp³-hybridized carbons (Fsp3) is 0.0976. The van der Waals surface area contributed by atoms with Crippen LogP contribution in [0.3, 0.4) is 0 Å². The Morgan fingerprint density at radius 1 is 0.569 bits per heavy atom. The fourth-order valence-electron chi connectivity index (χ4n) is 5.84. The summed E-state index contributed by atoms with van der Waals surface area (Å²) in [6.07, 6.45) is 7.95. The second kappa shape index (κ2) is 15.9. The van der Waals surface area contributed by atoms with Crippen LogP contribution >= 0.6 is 0 Å². The zero-order chi connectivity index (χ0) is 33.2. The van der Waals surface area contributed by atoms with Gasteiger partial charge in [0.05, 0.1) is 0 Å². The fourth-order valence-corrected chi connectivity index (χ4v) is 5.84. The molecule has 0 saturated heterocycles. The van der Waals surface area contributed by atoms with E-state index in [2.05, 4.69) is 75.2 Å². The normalized spacial score (nSPS) is 10.8. The Morgan fingerprint density at radius 3 is 1.49 bits per heavy atom. The molecule has 51 heavy (non-hydrogen) atoms. The van der Waals surface area contributed by atoms with Gasteiger partial charge in [-0.3, -0.25) is 0 Å². The van der Waals surface area contributed by atoms with Gasteiger partial charge in [-0.2, -0.15) is 22.9 Å². The van der Waals surface area contributed by atoms with E-state index >= 15 is 0 Å². The molecular formula is C41H28N6O2Pt2. The molecule has 8 rings (SSSR count). The number of ether oxygens (including phenoxy) is 2. The Bertz CT molecular complexity index is 2270. The van der Waals surface area contributed by atoms with E-state index in [1.54, 1.807) is 12.4 Å². The molecule has 0 amide bonds. The quantitative estimate of drug-likeness (QED) is 0.134. The molecule has 0 aliphatic rings. The van der Waals surface area contributed by atoms with Crippen molar-refractivity contribution in [2.45, 2.75) is 26.7 Å². The van der Waals surface area contributed by atoms with Crippen molar-refractivity contribution in [3.8, 4) is 51.5 Å². The summed E-state index contributed by atoms with van der Waals surface area (Å²) in [5.74, 6) is 2.75. The van der Waals surface area contributed by atoms with Gasteiger partial charge in [-0.15, -0.1) is 70.8 Å². The van der Waals surface area contributed by atoms with Crippen LogP contribution in [-0.4, -0.2) is 29.5 Å². The Morgan fingerprint density at radius 2 is 1.06 bits per heavy atom. The van der Waals surface area contributed by atoms with Crippen LogP contribution in [0.25, 0.3) is 50.3 Å². The van der Waals surface area contributed by atoms with Gasteiger partial charge in [0, 0.05) is 35.4 Å². The summed E-state index contributed by atoms with van der Waals surface area (Å²) in [6.45, 7) is 4.21. The predicted octanol–water partition coefficient (Wildman–Crippen LogP) is 9.00. The Labute approximate surface area is 324 Å². The maximum absolute atomic E-state index is 6.50. The first-order chi connectivity index (χ1) is 24.2. The average Bonchev–Trinajstić information content (AvgIpc) is 3.47. The number of aromatic nitrogens is 6. The number of hydrogen-bond donors (Lipinski definition) is 0. The molecule has 0 aliphatic heterocycles. The van der Waals surface area contributed by atoms with Crippen molar-refractivity contribution < 1.29 is 51.6 Å². The molecule has 254 valence electrons. The van der Waals surface area contributed by atoms with Crippen LogP contribution in [0.2, 0.25) is 0 Å². The summed E-state index contributed by atoms with van der Waals surface area (Å²) in [6, 6.07) is 41.4. The number of pyridine rings is 2. The number of aryl methyl sites for hydroxylation is 2. The summed E-state index contributed by atoms with van der Waals surface area (Å²) in [7, 11) is 0. The second-order valence-electron chi connectivity index (χ2n) is 11.2. The molecule has 4 aromatic heterocycles. The monoisotopic (exact) mass is 1030 g/mol. The van der Waals surface area contributed by atoms with Gasteiger partial charge in [0.15, 0.2) is 0 Å². The van der Waals surface area contributed by atoms with Gasteiger partial charge in [0.1, 0.15) is 12.7 Å². The van der Waals surface area contributed by atoms with Crippen molar-refractivity contribution in [2.24, 2.45) is 0 Å². The smallest absolute Gasteiger partial charge is 0.503 e. The van der Waals surface area contributed by atoms with Crippen molar-refractivity contribution in [3.05, 3.63) is 145 Å². The minimum atomic E-state index is 0. The first-order valence-electron chi connectivity index (χ1n) is 16.0. The molecule has 10 heteroatoms. The Hall–Kier alpha value is -5.03. The molecule has 4 aromatic carbocycles. The molecule has 8 nitrogen and oxygen atoms in total. The minimum absolute atomic E-state index is 0. The van der Waals surface area contributed by atoms with Crippen molar-refractivity contribution >= 4 is 21.8 Å². The van der Waals surface area contributed by atoms with Crippen LogP contribution in [-0.2, 0) is 55.0 Å². The topological polar surface area (TPSA) is 87.8 Å². The van der Waals surface area contributed by atoms with Gasteiger partial charge in [0.2, 0.25) is 5.95 Å². The number of rotatable bonds is 9. The number of hydrogen-bond acceptors (Lipinski definition) is 7. The standard InChI is InChI=1S/C41H28N6O2.2Pt/c1-3-27-21-33-34-22-28(4-2)40(49-32-14-10-12-30(20-32)36-16-6-8-18-44-36)24-38(34)47(41-45-25-42-26-46-41)37(33)23-39(27)48-31-13-9-11-29(19-31)35-15-5-7-17-43-35;;/h5-18,21-22,25-26H,3-4H2,1-2H3;;/q-4;2*+2. The second-order valence-corrected chi connectivity index (χ2v) is 11.2. The van der Waals surface area contributed by atoms with E-state index in [4.69, 9.17) is 9.47 Å². The zero-order valence-corrected chi connectivity index (χ0v) is 32.0. The third kappa shape index (κ3) is 7.26. The Kier molecular flexibility index (Phi) is 11.1. The van der Waals surface area contributed by atoms with Crippen LogP contribution in [0.5, 0.6) is 23.0 Å². The molecule has 0 fully saturated rings. The van der Waals surface area contributed by atoms with E-state index in [9.17, 15) is 0 Å². The number of benzene rings is 4. The van der Waals surface area contributed by atoms with E-state index in [0.29, 0.717) is 28.9 Å². The molecule has 0 radical (unpaired) electrons. The summed E-state index contributed by atoms with van der Waals surface area (Å²) >= 11 is 0. The van der Waals surface area contributed by atoms with Crippen molar-refractivity contribution in [1.29, 1.82) is 0 Å². The first-order valence-corrected chi connectivity index (χ1v) is 16.0. The van der Waals surface area contributed by atoms with Crippen molar-refractivity contribution in [1.82, 2.24) is 29.5 Å². The van der Waals surface area contributed by atoms with Gasteiger partial charge in [-0.1, -0.05) is 74.1 Å². The van der Waals surface area contributed by atoms with Gasteiger partial charge in [0.25, 0.3) is 0 Å². The number of fused-ring (bicyclic) bond motifs is 3. The maximum atomic E-state index is 6.50. The molecule has 0 spiro atoms. The van der Waals surface area contributed by atoms with Gasteiger partial charge >= 0.3 is 42.1 Å². The van der Waals surface area contributed by atoms with E-state index < -0.39 is 0 Å². The van der Waals surface area contributed by atoms with Crippen LogP contribution in [0.1, 0.15) is 25.0 Å². The first kappa shape index (κ1) is 35.8. The van der Waals surface area contributed by atoms with Gasteiger partial charge in [-0.05, 0) is 23.5 Å². The molecule has 4 heterocycles. The molecule has 0 unspecified atom stereocenters. The van der Waals surface area contributed by atoms with Gasteiger partial charge < -0.3 is 24.0 Å². The molecule has 0 bridgehead atoms. The third-order valence-electron chi connectivity index (χ3n) is 8.22. The molecule has 0 aliphatic carbocycles. The summed E-state index contributed by atoms with van der Waals surface area (Å²) in [5.41, 5.74) is 6.80. The molecular weight excluding hydrogens is 999 g/mol. The van der Waals surface area contributed by atoms with Crippen LogP contribution < -0.4 is 9.47 Å². The average molecular weight is 1030 g/mol. The summed E-state index contributed by atoms with van der Waals surface area (Å²) in [4.78, 5) is 22.0. The predicted molar refractivity (Wildman–Crippen MR) is 188 cm³/mol. The summed E-state index contributed by atoms with van der Waals surface area (Å²) in [5, 5.41) is 1.96. The molecule has 0 saturated carbocycles. The SMILES string of the molecule is CCc1cc2c3cc(CC)c(Oc4[c-]c(-c5ccccn5)ccc4)[c-]c3n(-c3ncncn3)c2[c-]c1Oc1[c-]c(-c2ccccn2)ccc1.[Pt+2].[Pt+2]. The minimum Gasteiger partial charge on any atom is -0.503 e. The number of nitrogens with zero attached hydrogens (tertiary/aromatic N) is 6.